The van der Waals surface area contributed by atoms with Crippen LogP contribution in [0, 0.1) is 5.82 Å². The van der Waals surface area contributed by atoms with Gasteiger partial charge >= 0.3 is 0 Å². The molecule has 29 heavy (non-hydrogen) atoms. The van der Waals surface area contributed by atoms with Gasteiger partial charge in [-0.05, 0) is 48.5 Å². The topological polar surface area (TPSA) is 74.9 Å². The smallest absolute Gasteiger partial charge is 0.247 e. The first-order valence-electron chi connectivity index (χ1n) is 9.58. The van der Waals surface area contributed by atoms with Crippen LogP contribution in [0.3, 0.4) is 0 Å². The number of ether oxygens (including phenoxy) is 1. The van der Waals surface area contributed by atoms with Crippen molar-refractivity contribution in [2.75, 3.05) is 44.2 Å². The summed E-state index contributed by atoms with van der Waals surface area (Å²) in [5.74, 6) is 0.907. The Hall–Kier alpha value is -2.97. The van der Waals surface area contributed by atoms with Gasteiger partial charge in [0.25, 0.3) is 0 Å². The summed E-state index contributed by atoms with van der Waals surface area (Å²) in [6.07, 6.45) is 0.707. The Kier molecular flexibility index (Phi) is 6.02. The Labute approximate surface area is 168 Å². The van der Waals surface area contributed by atoms with E-state index in [4.69, 9.17) is 9.15 Å². The maximum atomic E-state index is 13.1. The Morgan fingerprint density at radius 3 is 2.41 bits per heavy atom. The second-order valence-electron chi connectivity index (χ2n) is 7.00. The summed E-state index contributed by atoms with van der Waals surface area (Å²) < 4.78 is 23.9. The van der Waals surface area contributed by atoms with Gasteiger partial charge in [0.2, 0.25) is 12.3 Å². The van der Waals surface area contributed by atoms with Gasteiger partial charge in [0.1, 0.15) is 24.3 Å². The highest BCUT2D eigenvalue weighted by Crippen LogP contribution is 2.20. The fraction of sp³-hybridized carbons (Fsp3) is 0.333. The number of hydrogen-bond donors (Lipinski definition) is 1. The highest BCUT2D eigenvalue weighted by atomic mass is 19.1. The molecule has 0 bridgehead atoms. The molecule has 1 atom stereocenters. The first kappa shape index (κ1) is 19.4. The van der Waals surface area contributed by atoms with Crippen molar-refractivity contribution in [3.8, 4) is 17.2 Å². The number of piperazine rings is 1. The van der Waals surface area contributed by atoms with E-state index in [2.05, 4.69) is 20.0 Å². The van der Waals surface area contributed by atoms with Gasteiger partial charge in [-0.3, -0.25) is 4.90 Å². The van der Waals surface area contributed by atoms with Gasteiger partial charge in [-0.1, -0.05) is 0 Å². The number of aliphatic hydroxyl groups is 1. The lowest BCUT2D eigenvalue weighted by Gasteiger charge is -2.36. The van der Waals surface area contributed by atoms with E-state index in [0.717, 1.165) is 37.4 Å². The van der Waals surface area contributed by atoms with Crippen LogP contribution >= 0.6 is 0 Å². The largest absolute Gasteiger partial charge is 0.491 e. The molecular formula is C21H23FN4O3. The standard InChI is InChI=1S/C21H23FN4O3/c22-17-3-5-18(6-4-17)26-11-9-25(10-12-26)13-19(27)14-28-20-7-1-16(2-8-20)21-24-23-15-29-21/h1-8,15,19,27H,9-14H2. The molecule has 2 heterocycles. The molecule has 0 saturated carbocycles. The van der Waals surface area contributed by atoms with Crippen molar-refractivity contribution in [2.24, 2.45) is 0 Å². The zero-order valence-electron chi connectivity index (χ0n) is 15.9. The van der Waals surface area contributed by atoms with Gasteiger partial charge < -0.3 is 19.2 Å². The van der Waals surface area contributed by atoms with E-state index in [-0.39, 0.29) is 12.4 Å². The van der Waals surface area contributed by atoms with E-state index in [1.165, 1.54) is 18.5 Å². The molecule has 0 aliphatic carbocycles. The van der Waals surface area contributed by atoms with Crippen molar-refractivity contribution in [3.05, 3.63) is 60.7 Å². The summed E-state index contributed by atoms with van der Waals surface area (Å²) in [5, 5.41) is 17.8. The number of benzene rings is 2. The minimum atomic E-state index is -0.581. The minimum Gasteiger partial charge on any atom is -0.491 e. The van der Waals surface area contributed by atoms with Gasteiger partial charge in [-0.25, -0.2) is 4.39 Å². The number of aromatic nitrogens is 2. The molecule has 1 unspecified atom stereocenters. The molecular weight excluding hydrogens is 375 g/mol. The lowest BCUT2D eigenvalue weighted by Crippen LogP contribution is -2.49. The molecule has 0 spiro atoms. The molecule has 152 valence electrons. The Morgan fingerprint density at radius 1 is 1.03 bits per heavy atom. The van der Waals surface area contributed by atoms with Gasteiger partial charge in [0.15, 0.2) is 0 Å². The summed E-state index contributed by atoms with van der Waals surface area (Å²) in [4.78, 5) is 4.44. The van der Waals surface area contributed by atoms with Crippen LogP contribution < -0.4 is 9.64 Å². The lowest BCUT2D eigenvalue weighted by molar-refractivity contribution is 0.0663. The van der Waals surface area contributed by atoms with E-state index in [0.29, 0.717) is 18.2 Å². The maximum Gasteiger partial charge on any atom is 0.247 e. The normalized spacial score (nSPS) is 16.0. The third-order valence-electron chi connectivity index (χ3n) is 4.94. The average molecular weight is 398 g/mol. The molecule has 1 aliphatic rings. The molecule has 3 aromatic rings. The summed E-state index contributed by atoms with van der Waals surface area (Å²) in [6, 6.07) is 13.9. The van der Waals surface area contributed by atoms with Crippen LogP contribution in [0.4, 0.5) is 10.1 Å². The monoisotopic (exact) mass is 398 g/mol. The number of hydrogen-bond acceptors (Lipinski definition) is 7. The van der Waals surface area contributed by atoms with Crippen LogP contribution in [-0.2, 0) is 0 Å². The zero-order valence-corrected chi connectivity index (χ0v) is 15.9. The van der Waals surface area contributed by atoms with Crippen molar-refractivity contribution >= 4 is 5.69 Å². The molecule has 1 N–H and O–H groups in total. The van der Waals surface area contributed by atoms with Crippen molar-refractivity contribution in [2.45, 2.75) is 6.10 Å². The number of aliphatic hydroxyl groups excluding tert-OH is 1. The van der Waals surface area contributed by atoms with E-state index in [1.807, 2.05) is 24.3 Å². The number of β-amino-alcohol motifs (C(OH)–C–C–N with tert-alkyl or cyclic N) is 1. The lowest BCUT2D eigenvalue weighted by atomic mass is 10.2. The Morgan fingerprint density at radius 2 is 1.76 bits per heavy atom. The molecule has 1 aromatic heterocycles. The second kappa shape index (κ2) is 9.02. The first-order valence-corrected chi connectivity index (χ1v) is 9.58. The molecule has 4 rings (SSSR count). The summed E-state index contributed by atoms with van der Waals surface area (Å²) in [5.41, 5.74) is 1.84. The number of halogens is 1. The summed E-state index contributed by atoms with van der Waals surface area (Å²) >= 11 is 0. The fourth-order valence-electron chi connectivity index (χ4n) is 3.38. The van der Waals surface area contributed by atoms with Gasteiger partial charge in [-0.2, -0.15) is 0 Å². The van der Waals surface area contributed by atoms with E-state index in [9.17, 15) is 9.50 Å². The molecule has 1 aliphatic heterocycles. The van der Waals surface area contributed by atoms with E-state index < -0.39 is 6.10 Å². The van der Waals surface area contributed by atoms with Crippen LogP contribution in [-0.4, -0.2) is 65.6 Å². The maximum absolute atomic E-state index is 13.1. The van der Waals surface area contributed by atoms with Crippen LogP contribution in [0.15, 0.2) is 59.3 Å². The minimum absolute atomic E-state index is 0.220. The molecule has 2 aromatic carbocycles. The van der Waals surface area contributed by atoms with Crippen LogP contribution in [0.2, 0.25) is 0 Å². The molecule has 0 radical (unpaired) electrons. The third-order valence-corrected chi connectivity index (χ3v) is 4.94. The molecule has 8 heteroatoms. The quantitative estimate of drug-likeness (QED) is 0.655. The second-order valence-corrected chi connectivity index (χ2v) is 7.00. The highest BCUT2D eigenvalue weighted by Gasteiger charge is 2.20. The first-order chi connectivity index (χ1) is 14.2. The van der Waals surface area contributed by atoms with Crippen molar-refractivity contribution < 1.29 is 18.7 Å². The van der Waals surface area contributed by atoms with Crippen LogP contribution in [0.1, 0.15) is 0 Å². The summed E-state index contributed by atoms with van der Waals surface area (Å²) in [6.45, 7) is 4.14. The van der Waals surface area contributed by atoms with Crippen LogP contribution in [0.5, 0.6) is 5.75 Å². The molecule has 1 fully saturated rings. The van der Waals surface area contributed by atoms with Crippen molar-refractivity contribution in [1.82, 2.24) is 15.1 Å². The molecule has 1 saturated heterocycles. The van der Waals surface area contributed by atoms with Crippen molar-refractivity contribution in [3.63, 3.8) is 0 Å². The highest BCUT2D eigenvalue weighted by molar-refractivity contribution is 5.53. The number of rotatable bonds is 7. The van der Waals surface area contributed by atoms with Gasteiger partial charge in [0.05, 0.1) is 0 Å². The Bertz CT molecular complexity index is 879. The fourth-order valence-corrected chi connectivity index (χ4v) is 3.38. The SMILES string of the molecule is OC(COc1ccc(-c2nnco2)cc1)CN1CCN(c2ccc(F)cc2)CC1. The predicted octanol–water partition coefficient (Wildman–Crippen LogP) is 2.44. The average Bonchev–Trinajstić information content (AvgIpc) is 3.29. The van der Waals surface area contributed by atoms with Gasteiger partial charge in [-0.15, -0.1) is 10.2 Å². The summed E-state index contributed by atoms with van der Waals surface area (Å²) in [7, 11) is 0. The van der Waals surface area contributed by atoms with Gasteiger partial charge in [0, 0.05) is 44.0 Å². The predicted molar refractivity (Wildman–Crippen MR) is 106 cm³/mol. The van der Waals surface area contributed by atoms with E-state index in [1.54, 1.807) is 12.1 Å². The zero-order chi connectivity index (χ0) is 20.1. The van der Waals surface area contributed by atoms with E-state index >= 15 is 0 Å². The number of nitrogens with zero attached hydrogens (tertiary/aromatic N) is 4. The molecule has 7 nitrogen and oxygen atoms in total. The number of anilines is 1. The third kappa shape index (κ3) is 5.10. The van der Waals surface area contributed by atoms with Crippen molar-refractivity contribution in [1.29, 1.82) is 0 Å². The van der Waals surface area contributed by atoms with Crippen LogP contribution in [0.25, 0.3) is 11.5 Å². The Balaban J connectivity index is 1.20. The molecule has 0 amide bonds.